The molecule has 0 bridgehead atoms. The topological polar surface area (TPSA) is 75.1 Å². The van der Waals surface area contributed by atoms with Gasteiger partial charge in [0.2, 0.25) is 5.95 Å². The van der Waals surface area contributed by atoms with Gasteiger partial charge < -0.3 is 10.4 Å². The fraction of sp³-hybridized carbons (Fsp3) is 0.643. The van der Waals surface area contributed by atoms with Gasteiger partial charge in [-0.3, -0.25) is 4.79 Å². The van der Waals surface area contributed by atoms with Gasteiger partial charge in [0.15, 0.2) is 0 Å². The van der Waals surface area contributed by atoms with Crippen LogP contribution in [0.3, 0.4) is 0 Å². The Morgan fingerprint density at radius 3 is 2.84 bits per heavy atom. The lowest BCUT2D eigenvalue weighted by atomic mass is 9.94. The van der Waals surface area contributed by atoms with Crippen molar-refractivity contribution in [3.8, 4) is 0 Å². The Labute approximate surface area is 114 Å². The first-order chi connectivity index (χ1) is 9.11. The molecule has 1 atom stereocenters. The highest BCUT2D eigenvalue weighted by atomic mass is 16.4. The van der Waals surface area contributed by atoms with Crippen molar-refractivity contribution >= 4 is 11.9 Å². The molecule has 0 amide bonds. The number of hydrogen-bond acceptors (Lipinski definition) is 4. The SMILES string of the molecule is CCCC(CCNc1nccc(C)n1)CCC(=O)O. The molecule has 0 saturated heterocycles. The molecule has 1 aromatic rings. The van der Waals surface area contributed by atoms with Crippen LogP contribution in [0.1, 0.15) is 44.7 Å². The van der Waals surface area contributed by atoms with Crippen molar-refractivity contribution in [2.75, 3.05) is 11.9 Å². The van der Waals surface area contributed by atoms with Gasteiger partial charge in [-0.2, -0.15) is 0 Å². The smallest absolute Gasteiger partial charge is 0.303 e. The van der Waals surface area contributed by atoms with E-state index >= 15 is 0 Å². The lowest BCUT2D eigenvalue weighted by Crippen LogP contribution is -2.12. The van der Waals surface area contributed by atoms with Crippen molar-refractivity contribution in [1.82, 2.24) is 9.97 Å². The number of carboxylic acids is 1. The normalized spacial score (nSPS) is 12.1. The zero-order chi connectivity index (χ0) is 14.1. The first-order valence-corrected chi connectivity index (χ1v) is 6.87. The fourth-order valence-corrected chi connectivity index (χ4v) is 2.09. The standard InChI is InChI=1S/C14H23N3O2/c1-3-4-12(5-6-13(18)19)8-10-16-14-15-9-7-11(2)17-14/h7,9,12H,3-6,8,10H2,1-2H3,(H,18,19)(H,15,16,17). The molecule has 1 aromatic heterocycles. The third kappa shape index (κ3) is 6.74. The van der Waals surface area contributed by atoms with Gasteiger partial charge in [0.1, 0.15) is 0 Å². The number of carbonyl (C=O) groups is 1. The summed E-state index contributed by atoms with van der Waals surface area (Å²) >= 11 is 0. The van der Waals surface area contributed by atoms with Crippen molar-refractivity contribution in [3.63, 3.8) is 0 Å². The highest BCUT2D eigenvalue weighted by Gasteiger charge is 2.10. The van der Waals surface area contributed by atoms with Crippen LogP contribution in [0.4, 0.5) is 5.95 Å². The molecule has 0 aromatic carbocycles. The zero-order valence-electron chi connectivity index (χ0n) is 11.7. The molecular formula is C14H23N3O2. The van der Waals surface area contributed by atoms with E-state index in [2.05, 4.69) is 22.2 Å². The Hall–Kier alpha value is -1.65. The van der Waals surface area contributed by atoms with Crippen LogP contribution in [0.5, 0.6) is 0 Å². The van der Waals surface area contributed by atoms with Gasteiger partial charge in [0.05, 0.1) is 0 Å². The maximum Gasteiger partial charge on any atom is 0.303 e. The van der Waals surface area contributed by atoms with E-state index in [1.54, 1.807) is 6.20 Å². The van der Waals surface area contributed by atoms with Crippen LogP contribution in [0.2, 0.25) is 0 Å². The van der Waals surface area contributed by atoms with Gasteiger partial charge in [-0.25, -0.2) is 9.97 Å². The first kappa shape index (κ1) is 15.4. The van der Waals surface area contributed by atoms with Gasteiger partial charge in [0, 0.05) is 24.9 Å². The fourth-order valence-electron chi connectivity index (χ4n) is 2.09. The largest absolute Gasteiger partial charge is 0.481 e. The average Bonchev–Trinajstić information content (AvgIpc) is 2.36. The minimum Gasteiger partial charge on any atom is -0.481 e. The van der Waals surface area contributed by atoms with Crippen LogP contribution < -0.4 is 5.32 Å². The summed E-state index contributed by atoms with van der Waals surface area (Å²) in [5.41, 5.74) is 0.938. The molecule has 0 aliphatic carbocycles. The molecule has 0 spiro atoms. The van der Waals surface area contributed by atoms with Crippen molar-refractivity contribution in [2.24, 2.45) is 5.92 Å². The van der Waals surface area contributed by atoms with Crippen LogP contribution in [-0.2, 0) is 4.79 Å². The predicted octanol–water partition coefficient (Wildman–Crippen LogP) is 2.87. The van der Waals surface area contributed by atoms with E-state index in [4.69, 9.17) is 5.11 Å². The molecule has 5 nitrogen and oxygen atoms in total. The van der Waals surface area contributed by atoms with Crippen LogP contribution in [0, 0.1) is 12.8 Å². The molecule has 0 saturated carbocycles. The maximum atomic E-state index is 10.6. The van der Waals surface area contributed by atoms with Crippen molar-refractivity contribution in [2.45, 2.75) is 46.0 Å². The van der Waals surface area contributed by atoms with Crippen LogP contribution in [-0.4, -0.2) is 27.6 Å². The number of carboxylic acid groups (broad SMARTS) is 1. The molecular weight excluding hydrogens is 242 g/mol. The van der Waals surface area contributed by atoms with Crippen molar-refractivity contribution in [1.29, 1.82) is 0 Å². The van der Waals surface area contributed by atoms with E-state index < -0.39 is 5.97 Å². The van der Waals surface area contributed by atoms with Crippen LogP contribution in [0.25, 0.3) is 0 Å². The monoisotopic (exact) mass is 265 g/mol. The van der Waals surface area contributed by atoms with Gasteiger partial charge in [-0.1, -0.05) is 19.8 Å². The van der Waals surface area contributed by atoms with Crippen molar-refractivity contribution < 1.29 is 9.90 Å². The lowest BCUT2D eigenvalue weighted by Gasteiger charge is -2.15. The van der Waals surface area contributed by atoms with E-state index in [-0.39, 0.29) is 6.42 Å². The second-order valence-corrected chi connectivity index (χ2v) is 4.82. The maximum absolute atomic E-state index is 10.6. The molecule has 19 heavy (non-hydrogen) atoms. The summed E-state index contributed by atoms with van der Waals surface area (Å²) in [5.74, 6) is 0.392. The first-order valence-electron chi connectivity index (χ1n) is 6.87. The Morgan fingerprint density at radius 2 is 2.21 bits per heavy atom. The van der Waals surface area contributed by atoms with E-state index in [0.29, 0.717) is 11.9 Å². The Bertz CT molecular complexity index is 396. The Kier molecular flexibility index (Phi) is 6.85. The molecule has 1 rings (SSSR count). The Morgan fingerprint density at radius 1 is 1.42 bits per heavy atom. The second kappa shape index (κ2) is 8.45. The molecule has 1 heterocycles. The second-order valence-electron chi connectivity index (χ2n) is 4.82. The van der Waals surface area contributed by atoms with Gasteiger partial charge in [0.25, 0.3) is 0 Å². The molecule has 0 aliphatic rings. The number of nitrogens with zero attached hydrogens (tertiary/aromatic N) is 2. The zero-order valence-corrected chi connectivity index (χ0v) is 11.7. The number of aliphatic carboxylic acids is 1. The highest BCUT2D eigenvalue weighted by molar-refractivity contribution is 5.66. The summed E-state index contributed by atoms with van der Waals surface area (Å²) in [4.78, 5) is 19.0. The summed E-state index contributed by atoms with van der Waals surface area (Å²) in [5, 5.41) is 11.9. The van der Waals surface area contributed by atoms with Crippen molar-refractivity contribution in [3.05, 3.63) is 18.0 Å². The molecule has 5 heteroatoms. The number of nitrogens with one attached hydrogen (secondary N) is 1. The summed E-state index contributed by atoms with van der Waals surface area (Å²) in [7, 11) is 0. The molecule has 106 valence electrons. The van der Waals surface area contributed by atoms with E-state index in [9.17, 15) is 4.79 Å². The van der Waals surface area contributed by atoms with E-state index in [1.807, 2.05) is 13.0 Å². The number of aromatic nitrogens is 2. The van der Waals surface area contributed by atoms with Crippen LogP contribution >= 0.6 is 0 Å². The Balaban J connectivity index is 2.32. The summed E-state index contributed by atoms with van der Waals surface area (Å²) in [6.45, 7) is 4.85. The molecule has 0 aliphatic heterocycles. The van der Waals surface area contributed by atoms with Crippen LogP contribution in [0.15, 0.2) is 12.3 Å². The van der Waals surface area contributed by atoms with Gasteiger partial charge in [-0.05, 0) is 31.7 Å². The van der Waals surface area contributed by atoms with E-state index in [0.717, 1.165) is 37.9 Å². The molecule has 0 fully saturated rings. The summed E-state index contributed by atoms with van der Waals surface area (Å²) in [6, 6.07) is 1.86. The van der Waals surface area contributed by atoms with E-state index in [1.165, 1.54) is 0 Å². The lowest BCUT2D eigenvalue weighted by molar-refractivity contribution is -0.137. The minimum absolute atomic E-state index is 0.256. The molecule has 0 radical (unpaired) electrons. The minimum atomic E-state index is -0.712. The summed E-state index contributed by atoms with van der Waals surface area (Å²) < 4.78 is 0. The quantitative estimate of drug-likeness (QED) is 0.718. The van der Waals surface area contributed by atoms with Gasteiger partial charge >= 0.3 is 5.97 Å². The third-order valence-corrected chi connectivity index (χ3v) is 3.09. The predicted molar refractivity (Wildman–Crippen MR) is 75.1 cm³/mol. The number of aryl methyl sites for hydroxylation is 1. The number of rotatable bonds is 9. The summed E-state index contributed by atoms with van der Waals surface area (Å²) in [6.07, 6.45) is 5.86. The third-order valence-electron chi connectivity index (χ3n) is 3.09. The molecule has 1 unspecified atom stereocenters. The molecule has 2 N–H and O–H groups in total. The number of hydrogen-bond donors (Lipinski definition) is 2. The highest BCUT2D eigenvalue weighted by Crippen LogP contribution is 2.17. The van der Waals surface area contributed by atoms with Gasteiger partial charge in [-0.15, -0.1) is 0 Å². The number of anilines is 1. The average molecular weight is 265 g/mol.